The van der Waals surface area contributed by atoms with Gasteiger partial charge in [-0.1, -0.05) is 6.07 Å². The Kier molecular flexibility index (Phi) is 6.32. The third kappa shape index (κ3) is 4.63. The first-order valence-electron chi connectivity index (χ1n) is 8.03. The van der Waals surface area contributed by atoms with E-state index < -0.39 is 0 Å². The van der Waals surface area contributed by atoms with Gasteiger partial charge in [-0.3, -0.25) is 15.0 Å². The summed E-state index contributed by atoms with van der Waals surface area (Å²) >= 11 is 0. The van der Waals surface area contributed by atoms with E-state index in [4.69, 9.17) is 4.74 Å². The van der Waals surface area contributed by atoms with Crippen LogP contribution in [0.15, 0.2) is 18.2 Å². The Morgan fingerprint density at radius 2 is 2.09 bits per heavy atom. The number of nitrogens with zero attached hydrogens (tertiary/aromatic N) is 3. The minimum Gasteiger partial charge on any atom is -0.487 e. The van der Waals surface area contributed by atoms with Gasteiger partial charge in [-0.2, -0.15) is 0 Å². The van der Waals surface area contributed by atoms with Crippen molar-refractivity contribution in [1.82, 2.24) is 15.1 Å². The van der Waals surface area contributed by atoms with E-state index in [1.165, 1.54) is 0 Å². The van der Waals surface area contributed by atoms with Crippen LogP contribution in [-0.2, 0) is 0 Å². The summed E-state index contributed by atoms with van der Waals surface area (Å²) in [5.41, 5.74) is 0.986. The van der Waals surface area contributed by atoms with Crippen LogP contribution in [0.1, 0.15) is 18.5 Å². The molecule has 0 spiro atoms. The third-order valence-electron chi connectivity index (χ3n) is 4.13. The number of likely N-dealkylation sites (N-methyl/N-ethyl adjacent to an activating group) is 1. The molecule has 7 heteroatoms. The zero-order valence-corrected chi connectivity index (χ0v) is 14.1. The molecule has 1 atom stereocenters. The summed E-state index contributed by atoms with van der Waals surface area (Å²) in [7, 11) is 4.02. The minimum absolute atomic E-state index is 0.0384. The topological polar surface area (TPSA) is 70.9 Å². The van der Waals surface area contributed by atoms with Gasteiger partial charge in [0, 0.05) is 44.8 Å². The maximum atomic E-state index is 11.3. The number of ether oxygens (including phenoxy) is 1. The molecular formula is C16H26N4O3. The van der Waals surface area contributed by atoms with Crippen LogP contribution in [0.4, 0.5) is 5.69 Å². The van der Waals surface area contributed by atoms with Gasteiger partial charge in [0.25, 0.3) is 0 Å². The maximum absolute atomic E-state index is 11.3. The first-order chi connectivity index (χ1) is 11.0. The largest absolute Gasteiger partial charge is 0.487 e. The van der Waals surface area contributed by atoms with E-state index in [2.05, 4.69) is 15.1 Å². The fraction of sp³-hybridized carbons (Fsp3) is 0.625. The van der Waals surface area contributed by atoms with Crippen LogP contribution in [0.5, 0.6) is 5.75 Å². The molecule has 1 saturated heterocycles. The summed E-state index contributed by atoms with van der Waals surface area (Å²) in [5, 5.41) is 14.7. The summed E-state index contributed by atoms with van der Waals surface area (Å²) < 4.78 is 5.37. The Morgan fingerprint density at radius 1 is 1.39 bits per heavy atom. The lowest BCUT2D eigenvalue weighted by Crippen LogP contribution is -2.46. The zero-order valence-electron chi connectivity index (χ0n) is 14.1. The van der Waals surface area contributed by atoms with Gasteiger partial charge in [0.05, 0.1) is 11.5 Å². The summed E-state index contributed by atoms with van der Waals surface area (Å²) in [4.78, 5) is 15.5. The molecule has 0 aliphatic carbocycles. The molecule has 7 nitrogen and oxygen atoms in total. The molecule has 0 radical (unpaired) electrons. The highest BCUT2D eigenvalue weighted by molar-refractivity contribution is 5.49. The molecule has 0 bridgehead atoms. The maximum Gasteiger partial charge on any atom is 0.311 e. The van der Waals surface area contributed by atoms with Gasteiger partial charge in [-0.05, 0) is 32.6 Å². The molecule has 1 aliphatic heterocycles. The normalized spacial score (nSPS) is 17.2. The van der Waals surface area contributed by atoms with Gasteiger partial charge in [-0.15, -0.1) is 0 Å². The van der Waals surface area contributed by atoms with Crippen LogP contribution in [0, 0.1) is 10.1 Å². The van der Waals surface area contributed by atoms with Crippen LogP contribution in [0.25, 0.3) is 0 Å². The molecule has 2 rings (SSSR count). The Morgan fingerprint density at radius 3 is 2.65 bits per heavy atom. The summed E-state index contributed by atoms with van der Waals surface area (Å²) in [6, 6.07) is 5.41. The lowest BCUT2D eigenvalue weighted by Gasteiger charge is -2.34. The number of hydrogen-bond acceptors (Lipinski definition) is 6. The van der Waals surface area contributed by atoms with Crippen molar-refractivity contribution in [3.63, 3.8) is 0 Å². The Bertz CT molecular complexity index is 530. The smallest absolute Gasteiger partial charge is 0.311 e. The molecule has 23 heavy (non-hydrogen) atoms. The van der Waals surface area contributed by atoms with Crippen molar-refractivity contribution in [1.29, 1.82) is 0 Å². The lowest BCUT2D eigenvalue weighted by molar-refractivity contribution is -0.385. The first kappa shape index (κ1) is 17.7. The van der Waals surface area contributed by atoms with E-state index in [1.807, 2.05) is 27.1 Å². The van der Waals surface area contributed by atoms with Gasteiger partial charge in [0.1, 0.15) is 0 Å². The number of nitro groups is 1. The standard InChI is InChI=1S/C16H26N4O3/c1-4-23-16-6-5-13(11-14(16)20(21)22)15(18(2)3)12-19-9-7-17-8-10-19/h5-6,11,15,17H,4,7-10,12H2,1-3H3. The van der Waals surface area contributed by atoms with E-state index in [9.17, 15) is 10.1 Å². The molecule has 1 aromatic rings. The average molecular weight is 322 g/mol. The molecule has 1 N–H and O–H groups in total. The molecule has 0 amide bonds. The fourth-order valence-electron chi connectivity index (χ4n) is 2.87. The Labute approximate surface area is 137 Å². The van der Waals surface area contributed by atoms with Gasteiger partial charge in [0.15, 0.2) is 5.75 Å². The number of nitrogens with one attached hydrogen (secondary N) is 1. The van der Waals surface area contributed by atoms with Gasteiger partial charge < -0.3 is 15.0 Å². The highest BCUT2D eigenvalue weighted by atomic mass is 16.6. The number of hydrogen-bond donors (Lipinski definition) is 1. The summed E-state index contributed by atoms with van der Waals surface area (Å²) in [6.07, 6.45) is 0. The van der Waals surface area contributed by atoms with Crippen LogP contribution < -0.4 is 10.1 Å². The molecule has 1 unspecified atom stereocenters. The molecule has 1 heterocycles. The molecule has 1 fully saturated rings. The van der Waals surface area contributed by atoms with Crippen molar-refractivity contribution in [2.75, 3.05) is 53.4 Å². The number of nitro benzene ring substituents is 1. The van der Waals surface area contributed by atoms with Gasteiger partial charge >= 0.3 is 5.69 Å². The third-order valence-corrected chi connectivity index (χ3v) is 4.13. The van der Waals surface area contributed by atoms with Crippen LogP contribution in [0.3, 0.4) is 0 Å². The van der Waals surface area contributed by atoms with Crippen molar-refractivity contribution in [2.24, 2.45) is 0 Å². The van der Waals surface area contributed by atoms with Crippen molar-refractivity contribution < 1.29 is 9.66 Å². The highest BCUT2D eigenvalue weighted by Crippen LogP contribution is 2.31. The quantitative estimate of drug-likeness (QED) is 0.606. The number of rotatable bonds is 7. The predicted molar refractivity (Wildman–Crippen MR) is 90.0 cm³/mol. The van der Waals surface area contributed by atoms with Crippen LogP contribution in [0.2, 0.25) is 0 Å². The number of piperazine rings is 1. The van der Waals surface area contributed by atoms with Gasteiger partial charge in [-0.25, -0.2) is 0 Å². The zero-order chi connectivity index (χ0) is 16.8. The molecule has 0 aromatic heterocycles. The van der Waals surface area contributed by atoms with Crippen LogP contribution in [-0.4, -0.2) is 68.1 Å². The SMILES string of the molecule is CCOc1ccc(C(CN2CCNCC2)N(C)C)cc1[N+](=O)[O-]. The van der Waals surface area contributed by atoms with E-state index in [1.54, 1.807) is 12.1 Å². The monoisotopic (exact) mass is 322 g/mol. The van der Waals surface area contributed by atoms with E-state index in [-0.39, 0.29) is 16.7 Å². The number of benzene rings is 1. The first-order valence-corrected chi connectivity index (χ1v) is 8.03. The van der Waals surface area contributed by atoms with Crippen molar-refractivity contribution in [3.8, 4) is 5.75 Å². The van der Waals surface area contributed by atoms with Crippen molar-refractivity contribution in [3.05, 3.63) is 33.9 Å². The molecular weight excluding hydrogens is 296 g/mol. The molecule has 0 saturated carbocycles. The minimum atomic E-state index is -0.369. The second-order valence-corrected chi connectivity index (χ2v) is 5.95. The summed E-state index contributed by atoms with van der Waals surface area (Å²) in [5.74, 6) is 0.334. The molecule has 1 aromatic carbocycles. The second-order valence-electron chi connectivity index (χ2n) is 5.95. The van der Waals surface area contributed by atoms with Crippen molar-refractivity contribution >= 4 is 5.69 Å². The molecule has 128 valence electrons. The average Bonchev–Trinajstić information content (AvgIpc) is 2.54. The fourth-order valence-corrected chi connectivity index (χ4v) is 2.87. The highest BCUT2D eigenvalue weighted by Gasteiger charge is 2.23. The second kappa shape index (κ2) is 8.24. The Hall–Kier alpha value is -1.70. The van der Waals surface area contributed by atoms with Crippen molar-refractivity contribution in [2.45, 2.75) is 13.0 Å². The van der Waals surface area contributed by atoms with E-state index in [0.29, 0.717) is 12.4 Å². The van der Waals surface area contributed by atoms with E-state index >= 15 is 0 Å². The summed E-state index contributed by atoms with van der Waals surface area (Å²) in [6.45, 7) is 7.09. The van der Waals surface area contributed by atoms with Gasteiger partial charge in [0.2, 0.25) is 0 Å². The Balaban J connectivity index is 2.24. The van der Waals surface area contributed by atoms with E-state index in [0.717, 1.165) is 38.3 Å². The lowest BCUT2D eigenvalue weighted by atomic mass is 10.0. The molecule has 1 aliphatic rings. The predicted octanol–water partition coefficient (Wildman–Crippen LogP) is 1.50. The van der Waals surface area contributed by atoms with Crippen LogP contribution >= 0.6 is 0 Å².